The lowest BCUT2D eigenvalue weighted by Crippen LogP contribution is -2.59. The molecule has 0 aliphatic carbocycles. The number of amides is 3. The molecule has 0 unspecified atom stereocenters. The molecule has 5 bridgehead atoms. The summed E-state index contributed by atoms with van der Waals surface area (Å²) in [5.74, 6) is -3.94. The summed E-state index contributed by atoms with van der Waals surface area (Å²) in [4.78, 5) is 62.7. The quantitative estimate of drug-likeness (QED) is 0.288. The second kappa shape index (κ2) is 14.3. The average molecular weight is 711 g/mol. The number of fused-ring (bicyclic) bond motifs is 3. The van der Waals surface area contributed by atoms with Gasteiger partial charge in [-0.15, -0.1) is 5.10 Å². The fourth-order valence-electron chi connectivity index (χ4n) is 8.33. The molecule has 1 aromatic heterocycles. The minimum Gasteiger partial charge on any atom is -0.455 e. The van der Waals surface area contributed by atoms with Crippen molar-refractivity contribution in [3.05, 3.63) is 84.5 Å². The van der Waals surface area contributed by atoms with Crippen molar-refractivity contribution in [2.45, 2.75) is 82.6 Å². The van der Waals surface area contributed by atoms with Crippen LogP contribution in [0.5, 0.6) is 0 Å². The van der Waals surface area contributed by atoms with E-state index in [2.05, 4.69) is 10.3 Å². The van der Waals surface area contributed by atoms with Gasteiger partial charge in [0.25, 0.3) is 5.91 Å². The highest BCUT2D eigenvalue weighted by Gasteiger charge is 2.74. The average Bonchev–Trinajstić information content (AvgIpc) is 3.92. The van der Waals surface area contributed by atoms with Crippen LogP contribution in [0.1, 0.15) is 51.7 Å². The molecule has 4 aliphatic rings. The molecule has 7 rings (SSSR count). The van der Waals surface area contributed by atoms with Crippen LogP contribution in [0, 0.1) is 17.8 Å². The monoisotopic (exact) mass is 710 g/mol. The van der Waals surface area contributed by atoms with Crippen LogP contribution >= 0.6 is 0 Å². The van der Waals surface area contributed by atoms with Gasteiger partial charge in [-0.25, -0.2) is 4.68 Å². The summed E-state index contributed by atoms with van der Waals surface area (Å²) in [6.45, 7) is 5.51. The molecule has 2 saturated heterocycles. The predicted molar refractivity (Wildman–Crippen MR) is 190 cm³/mol. The van der Waals surface area contributed by atoms with Crippen LogP contribution in [-0.4, -0.2) is 109 Å². The number of carbonyl (C=O) groups is 4. The normalized spacial score (nSPS) is 31.3. The van der Waals surface area contributed by atoms with Gasteiger partial charge >= 0.3 is 5.97 Å². The van der Waals surface area contributed by atoms with Crippen molar-refractivity contribution in [1.29, 1.82) is 0 Å². The van der Waals surface area contributed by atoms with Crippen molar-refractivity contribution in [3.63, 3.8) is 0 Å². The lowest BCUT2D eigenvalue weighted by atomic mass is 9.74. The Morgan fingerprint density at radius 3 is 2.52 bits per heavy atom. The number of benzene rings is 2. The maximum absolute atomic E-state index is 15.2. The van der Waals surface area contributed by atoms with Gasteiger partial charge in [0.2, 0.25) is 11.8 Å². The van der Waals surface area contributed by atoms with Crippen LogP contribution in [0.15, 0.2) is 78.9 Å². The van der Waals surface area contributed by atoms with E-state index in [9.17, 15) is 19.5 Å². The third-order valence-electron chi connectivity index (χ3n) is 11.5. The Balaban J connectivity index is 1.34. The molecule has 1 spiro atoms. The summed E-state index contributed by atoms with van der Waals surface area (Å²) >= 11 is 0. The third-order valence-corrected chi connectivity index (χ3v) is 11.5. The molecule has 274 valence electrons. The van der Waals surface area contributed by atoms with Gasteiger partial charge in [-0.3, -0.25) is 19.2 Å². The summed E-state index contributed by atoms with van der Waals surface area (Å²) < 4.78 is 14.6. The van der Waals surface area contributed by atoms with Gasteiger partial charge in [0.1, 0.15) is 35.9 Å². The molecule has 4 aliphatic heterocycles. The first-order chi connectivity index (χ1) is 25.1. The summed E-state index contributed by atoms with van der Waals surface area (Å²) in [7, 11) is 1.70. The molecule has 13 nitrogen and oxygen atoms in total. The van der Waals surface area contributed by atoms with Gasteiger partial charge in [0.05, 0.1) is 36.2 Å². The number of esters is 1. The van der Waals surface area contributed by atoms with E-state index in [0.29, 0.717) is 23.9 Å². The van der Waals surface area contributed by atoms with E-state index in [1.165, 1.54) is 4.90 Å². The topological polar surface area (TPSA) is 147 Å². The van der Waals surface area contributed by atoms with Crippen LogP contribution in [0.25, 0.3) is 11.0 Å². The van der Waals surface area contributed by atoms with Crippen molar-refractivity contribution in [2.75, 3.05) is 20.2 Å². The number of aromatic nitrogens is 3. The molecular formula is C39H46N6O7. The second-order valence-electron chi connectivity index (χ2n) is 14.4. The first-order valence-corrected chi connectivity index (χ1v) is 18.1. The molecular weight excluding hydrogens is 664 g/mol. The van der Waals surface area contributed by atoms with Gasteiger partial charge in [-0.05, 0) is 37.0 Å². The van der Waals surface area contributed by atoms with E-state index < -0.39 is 65.6 Å². The standard InChI is InChI=1S/C39H46N6O7/c1-5-24(2)29(22-46)45-35-37(49)43(23-44-28-17-12-11-16-27(28)40-41-44)21-13-7-10-18-31(47)42(4)25(3)34(26-14-8-6-9-15-26)51-38(50)32-30-19-20-39(35,52-30)33(32)36(45)48/h6-9,11-17,19-20,24-25,29-30,32-35,46H,5,10,18,21-23H2,1-4H3/b13-7-/t24-,25+,29-,30-,32+,33+,34-,35-,39+/m0/s1. The second-order valence-corrected chi connectivity index (χ2v) is 14.4. The number of nitrogens with zero attached hydrogens (tertiary/aromatic N) is 6. The summed E-state index contributed by atoms with van der Waals surface area (Å²) in [5, 5.41) is 19.4. The smallest absolute Gasteiger partial charge is 0.313 e. The maximum Gasteiger partial charge on any atom is 0.313 e. The highest BCUT2D eigenvalue weighted by molar-refractivity contribution is 5.99. The third kappa shape index (κ3) is 5.89. The first kappa shape index (κ1) is 35.5. The molecule has 3 aromatic rings. The van der Waals surface area contributed by atoms with Crippen LogP contribution in [0.2, 0.25) is 0 Å². The summed E-state index contributed by atoms with van der Waals surface area (Å²) in [6.07, 6.45) is 6.82. The number of hydrogen-bond donors (Lipinski definition) is 1. The van der Waals surface area contributed by atoms with E-state index in [-0.39, 0.29) is 38.1 Å². The zero-order valence-electron chi connectivity index (χ0n) is 29.9. The molecule has 0 saturated carbocycles. The SMILES string of the molecule is CC[C@H](C)[C@H](CO)N1C(=O)[C@H]2[C@@H]3C(=O)O[C@H](c4ccccc4)[C@@H](C)N(C)C(=O)CC/C=C\CN(Cn4nnc5ccccc54)C(=O)[C@H]1[C@@]21C=C[C@@H]3O1. The number of hydrogen-bond acceptors (Lipinski definition) is 9. The summed E-state index contributed by atoms with van der Waals surface area (Å²) in [6, 6.07) is 14.2. The number of aliphatic hydroxyl groups excluding tert-OH is 1. The van der Waals surface area contributed by atoms with Crippen molar-refractivity contribution in [2.24, 2.45) is 17.8 Å². The molecule has 3 amide bonds. The Bertz CT molecular complexity index is 1900. The van der Waals surface area contributed by atoms with E-state index in [4.69, 9.17) is 9.47 Å². The van der Waals surface area contributed by atoms with Crippen molar-refractivity contribution in [3.8, 4) is 0 Å². The van der Waals surface area contributed by atoms with Gasteiger partial charge in [0, 0.05) is 20.0 Å². The van der Waals surface area contributed by atoms with Crippen LogP contribution in [-0.2, 0) is 35.3 Å². The number of cyclic esters (lactones) is 1. The lowest BCUT2D eigenvalue weighted by Gasteiger charge is -2.40. The van der Waals surface area contributed by atoms with E-state index in [1.54, 1.807) is 33.7 Å². The van der Waals surface area contributed by atoms with E-state index in [1.807, 2.05) is 87.5 Å². The van der Waals surface area contributed by atoms with Gasteiger partial charge < -0.3 is 29.3 Å². The zero-order chi connectivity index (χ0) is 36.7. The number of likely N-dealkylation sites (N-methyl/N-ethyl adjacent to an activating group) is 1. The number of ether oxygens (including phenoxy) is 2. The highest BCUT2D eigenvalue weighted by Crippen LogP contribution is 2.56. The molecule has 52 heavy (non-hydrogen) atoms. The maximum atomic E-state index is 15.2. The molecule has 0 radical (unpaired) electrons. The zero-order valence-corrected chi connectivity index (χ0v) is 29.9. The van der Waals surface area contributed by atoms with Gasteiger partial charge in [-0.2, -0.15) is 0 Å². The van der Waals surface area contributed by atoms with E-state index in [0.717, 1.165) is 5.52 Å². The molecule has 9 atom stereocenters. The molecule has 2 aromatic carbocycles. The lowest BCUT2D eigenvalue weighted by molar-refractivity contribution is -0.164. The molecule has 13 heteroatoms. The first-order valence-electron chi connectivity index (χ1n) is 18.1. The fraction of sp³-hybridized carbons (Fsp3) is 0.487. The Kier molecular flexibility index (Phi) is 9.75. The Labute approximate surface area is 302 Å². The Morgan fingerprint density at radius 2 is 1.77 bits per heavy atom. The Hall–Kier alpha value is -4.88. The largest absolute Gasteiger partial charge is 0.455 e. The van der Waals surface area contributed by atoms with Crippen LogP contribution in [0.3, 0.4) is 0 Å². The Morgan fingerprint density at radius 1 is 1.02 bits per heavy atom. The van der Waals surface area contributed by atoms with Gasteiger partial charge in [0.15, 0.2) is 0 Å². The number of rotatable bonds is 7. The van der Waals surface area contributed by atoms with Crippen LogP contribution in [0.4, 0.5) is 0 Å². The summed E-state index contributed by atoms with van der Waals surface area (Å²) in [5.41, 5.74) is 0.611. The molecule has 1 N–H and O–H groups in total. The minimum atomic E-state index is -1.48. The molecule has 5 heterocycles. The highest BCUT2D eigenvalue weighted by atomic mass is 16.6. The number of aliphatic hydroxyl groups is 1. The van der Waals surface area contributed by atoms with E-state index >= 15 is 4.79 Å². The number of likely N-dealkylation sites (tertiary alicyclic amines) is 1. The van der Waals surface area contributed by atoms with Gasteiger partial charge in [-0.1, -0.05) is 92.3 Å². The van der Waals surface area contributed by atoms with Crippen molar-refractivity contribution >= 4 is 34.7 Å². The van der Waals surface area contributed by atoms with Crippen molar-refractivity contribution < 1.29 is 33.8 Å². The van der Waals surface area contributed by atoms with Crippen molar-refractivity contribution in [1.82, 2.24) is 29.7 Å². The fourth-order valence-corrected chi connectivity index (χ4v) is 8.33. The minimum absolute atomic E-state index is 0.00659. The predicted octanol–water partition coefficient (Wildman–Crippen LogP) is 3.26. The molecule has 2 fully saturated rings. The number of para-hydroxylation sites is 1. The van der Waals surface area contributed by atoms with Crippen LogP contribution < -0.4 is 0 Å². The number of allylic oxidation sites excluding steroid dienone is 1. The number of carbonyl (C=O) groups excluding carboxylic acids is 4.